The Bertz CT molecular complexity index is 247. The Labute approximate surface area is 112 Å². The molecule has 4 atom stereocenters. The highest BCUT2D eigenvalue weighted by Crippen LogP contribution is 2.25. The van der Waals surface area contributed by atoms with Crippen molar-refractivity contribution in [1.29, 1.82) is 0 Å². The van der Waals surface area contributed by atoms with Crippen molar-refractivity contribution in [3.8, 4) is 0 Å². The number of ether oxygens (including phenoxy) is 1. The number of rotatable bonds is 6. The number of nitrogens with one attached hydrogen (secondary N) is 1. The maximum absolute atomic E-state index is 6.15. The fourth-order valence-corrected chi connectivity index (χ4v) is 3.32. The van der Waals surface area contributed by atoms with Gasteiger partial charge in [0.05, 0.1) is 12.7 Å². The van der Waals surface area contributed by atoms with Gasteiger partial charge in [0.25, 0.3) is 0 Å². The lowest BCUT2D eigenvalue weighted by Crippen LogP contribution is -2.54. The van der Waals surface area contributed by atoms with Crippen LogP contribution < -0.4 is 5.32 Å². The second kappa shape index (κ2) is 6.88. The van der Waals surface area contributed by atoms with E-state index in [1.807, 2.05) is 0 Å². The maximum atomic E-state index is 6.15. The first-order valence-corrected chi connectivity index (χ1v) is 7.83. The maximum Gasteiger partial charge on any atom is 0.0855 e. The second-order valence-electron chi connectivity index (χ2n) is 6.08. The van der Waals surface area contributed by atoms with Gasteiger partial charge in [-0.05, 0) is 38.3 Å². The molecular weight excluding hydrogens is 224 g/mol. The minimum atomic E-state index is 0.397. The van der Waals surface area contributed by atoms with E-state index in [9.17, 15) is 0 Å². The minimum Gasteiger partial charge on any atom is -0.374 e. The number of hydrogen-bond donors (Lipinski definition) is 1. The van der Waals surface area contributed by atoms with Crippen molar-refractivity contribution in [1.82, 2.24) is 10.2 Å². The molecule has 0 aromatic carbocycles. The molecule has 2 aliphatic heterocycles. The van der Waals surface area contributed by atoms with Crippen molar-refractivity contribution in [2.24, 2.45) is 5.92 Å². The van der Waals surface area contributed by atoms with Gasteiger partial charge in [0, 0.05) is 18.6 Å². The van der Waals surface area contributed by atoms with E-state index < -0.39 is 0 Å². The molecule has 0 aromatic heterocycles. The van der Waals surface area contributed by atoms with E-state index in [4.69, 9.17) is 4.74 Å². The summed E-state index contributed by atoms with van der Waals surface area (Å²) in [7, 11) is 0. The molecule has 2 fully saturated rings. The van der Waals surface area contributed by atoms with Gasteiger partial charge in [-0.15, -0.1) is 0 Å². The molecule has 3 nitrogen and oxygen atoms in total. The molecule has 0 bridgehead atoms. The van der Waals surface area contributed by atoms with E-state index in [0.717, 1.165) is 25.6 Å². The summed E-state index contributed by atoms with van der Waals surface area (Å²) in [5.41, 5.74) is 0. The Kier molecular flexibility index (Phi) is 5.46. The van der Waals surface area contributed by atoms with E-state index in [1.165, 1.54) is 32.2 Å². The Balaban J connectivity index is 1.89. The molecule has 0 spiro atoms. The fraction of sp³-hybridized carbons (Fsp3) is 1.00. The molecule has 0 amide bonds. The third-order valence-electron chi connectivity index (χ3n) is 4.68. The molecule has 18 heavy (non-hydrogen) atoms. The van der Waals surface area contributed by atoms with Gasteiger partial charge < -0.3 is 10.1 Å². The summed E-state index contributed by atoms with van der Waals surface area (Å²) in [5.74, 6) is 0.786. The number of nitrogens with zero attached hydrogens (tertiary/aromatic N) is 1. The first kappa shape index (κ1) is 14.3. The van der Waals surface area contributed by atoms with Crippen molar-refractivity contribution < 1.29 is 4.74 Å². The van der Waals surface area contributed by atoms with Gasteiger partial charge in [-0.3, -0.25) is 4.90 Å². The van der Waals surface area contributed by atoms with Crippen LogP contribution in [0.2, 0.25) is 0 Å². The van der Waals surface area contributed by atoms with E-state index in [1.54, 1.807) is 0 Å². The smallest absolute Gasteiger partial charge is 0.0855 e. The predicted octanol–water partition coefficient (Wildman–Crippen LogP) is 2.26. The van der Waals surface area contributed by atoms with E-state index in [0.29, 0.717) is 18.2 Å². The zero-order chi connectivity index (χ0) is 13.0. The summed E-state index contributed by atoms with van der Waals surface area (Å²) in [6.45, 7) is 11.3. The summed E-state index contributed by atoms with van der Waals surface area (Å²) in [6.07, 6.45) is 5.60. The van der Waals surface area contributed by atoms with Crippen molar-refractivity contribution in [2.45, 2.75) is 64.6 Å². The Morgan fingerprint density at radius 2 is 2.22 bits per heavy atom. The fourth-order valence-electron chi connectivity index (χ4n) is 3.32. The Morgan fingerprint density at radius 3 is 2.94 bits per heavy atom. The molecule has 106 valence electrons. The standard InChI is InChI=1S/C15H30N2O/c1-4-12(3)9-14(16-5-2)15-10-17-8-6-7-13(17)11-18-15/h12-16H,4-11H2,1-3H3. The Morgan fingerprint density at radius 1 is 1.39 bits per heavy atom. The SMILES string of the molecule is CCNC(CC(C)CC)C1CN2CCCC2CO1. The van der Waals surface area contributed by atoms with E-state index in [-0.39, 0.29) is 0 Å². The van der Waals surface area contributed by atoms with Gasteiger partial charge in [-0.25, -0.2) is 0 Å². The topological polar surface area (TPSA) is 24.5 Å². The first-order valence-electron chi connectivity index (χ1n) is 7.83. The molecule has 2 rings (SSSR count). The molecule has 3 heteroatoms. The molecule has 2 saturated heterocycles. The zero-order valence-corrected chi connectivity index (χ0v) is 12.3. The molecule has 0 aliphatic carbocycles. The van der Waals surface area contributed by atoms with Gasteiger partial charge in [-0.2, -0.15) is 0 Å². The normalized spacial score (nSPS) is 32.2. The summed E-state index contributed by atoms with van der Waals surface area (Å²) < 4.78 is 6.15. The van der Waals surface area contributed by atoms with E-state index in [2.05, 4.69) is 31.0 Å². The summed E-state index contributed by atoms with van der Waals surface area (Å²) in [6, 6.07) is 1.25. The average Bonchev–Trinajstić information content (AvgIpc) is 2.85. The summed E-state index contributed by atoms with van der Waals surface area (Å²) in [4.78, 5) is 2.65. The molecule has 0 saturated carbocycles. The number of hydrogen-bond acceptors (Lipinski definition) is 3. The van der Waals surface area contributed by atoms with Gasteiger partial charge >= 0.3 is 0 Å². The molecule has 2 aliphatic rings. The van der Waals surface area contributed by atoms with Crippen LogP contribution in [0.4, 0.5) is 0 Å². The predicted molar refractivity (Wildman–Crippen MR) is 75.9 cm³/mol. The first-order chi connectivity index (χ1) is 8.74. The van der Waals surface area contributed by atoms with E-state index >= 15 is 0 Å². The third kappa shape index (κ3) is 3.46. The zero-order valence-electron chi connectivity index (χ0n) is 12.3. The summed E-state index contributed by atoms with van der Waals surface area (Å²) >= 11 is 0. The van der Waals surface area contributed by atoms with Crippen LogP contribution in [0.5, 0.6) is 0 Å². The number of likely N-dealkylation sites (N-methyl/N-ethyl adjacent to an activating group) is 1. The molecular formula is C15H30N2O. The van der Waals surface area contributed by atoms with Gasteiger partial charge in [0.2, 0.25) is 0 Å². The lowest BCUT2D eigenvalue weighted by molar-refractivity contribution is -0.0672. The molecule has 0 radical (unpaired) electrons. The van der Waals surface area contributed by atoms with Crippen LogP contribution in [0.3, 0.4) is 0 Å². The van der Waals surface area contributed by atoms with Crippen LogP contribution in [-0.4, -0.2) is 49.3 Å². The van der Waals surface area contributed by atoms with Gasteiger partial charge in [0.15, 0.2) is 0 Å². The van der Waals surface area contributed by atoms with Crippen LogP contribution in [0.25, 0.3) is 0 Å². The average molecular weight is 254 g/mol. The Hall–Kier alpha value is -0.120. The molecule has 1 N–H and O–H groups in total. The number of morpholine rings is 1. The van der Waals surface area contributed by atoms with Gasteiger partial charge in [0.1, 0.15) is 0 Å². The molecule has 2 heterocycles. The van der Waals surface area contributed by atoms with Crippen LogP contribution in [0, 0.1) is 5.92 Å². The van der Waals surface area contributed by atoms with Gasteiger partial charge in [-0.1, -0.05) is 27.2 Å². The highest BCUT2D eigenvalue weighted by Gasteiger charge is 2.35. The highest BCUT2D eigenvalue weighted by atomic mass is 16.5. The van der Waals surface area contributed by atoms with Crippen molar-refractivity contribution in [3.05, 3.63) is 0 Å². The quantitative estimate of drug-likeness (QED) is 0.787. The monoisotopic (exact) mass is 254 g/mol. The van der Waals surface area contributed by atoms with Crippen LogP contribution >= 0.6 is 0 Å². The van der Waals surface area contributed by atoms with Crippen molar-refractivity contribution >= 4 is 0 Å². The molecule has 0 aromatic rings. The largest absolute Gasteiger partial charge is 0.374 e. The van der Waals surface area contributed by atoms with Crippen molar-refractivity contribution in [3.63, 3.8) is 0 Å². The lowest BCUT2D eigenvalue weighted by atomic mass is 9.94. The van der Waals surface area contributed by atoms with Crippen LogP contribution in [0.15, 0.2) is 0 Å². The van der Waals surface area contributed by atoms with Crippen LogP contribution in [-0.2, 0) is 4.74 Å². The number of fused-ring (bicyclic) bond motifs is 1. The second-order valence-corrected chi connectivity index (χ2v) is 6.08. The highest BCUT2D eigenvalue weighted by molar-refractivity contribution is 4.90. The lowest BCUT2D eigenvalue weighted by Gasteiger charge is -2.39. The van der Waals surface area contributed by atoms with Crippen molar-refractivity contribution in [2.75, 3.05) is 26.2 Å². The molecule has 4 unspecified atom stereocenters. The van der Waals surface area contributed by atoms with Crippen LogP contribution in [0.1, 0.15) is 46.5 Å². The minimum absolute atomic E-state index is 0.397. The third-order valence-corrected chi connectivity index (χ3v) is 4.68. The summed E-state index contributed by atoms with van der Waals surface area (Å²) in [5, 5.41) is 3.65.